The Kier molecular flexibility index (Phi) is 3.62. The highest BCUT2D eigenvalue weighted by Gasteiger charge is 2.16. The van der Waals surface area contributed by atoms with E-state index in [1.165, 1.54) is 0 Å². The fraction of sp³-hybridized carbons (Fsp3) is 0.357. The van der Waals surface area contributed by atoms with Gasteiger partial charge in [-0.1, -0.05) is 24.6 Å². The maximum atomic E-state index is 10.8. The van der Waals surface area contributed by atoms with Crippen LogP contribution in [0.25, 0.3) is 10.9 Å². The first-order valence-corrected chi connectivity index (χ1v) is 6.40. The molecule has 1 atom stereocenters. The van der Waals surface area contributed by atoms with Crippen LogP contribution in [0.5, 0.6) is 0 Å². The van der Waals surface area contributed by atoms with Crippen LogP contribution in [0.1, 0.15) is 31.7 Å². The zero-order valence-corrected chi connectivity index (χ0v) is 11.2. The molecule has 1 aromatic heterocycles. The van der Waals surface area contributed by atoms with Crippen LogP contribution >= 0.6 is 11.6 Å². The molecule has 0 aliphatic heterocycles. The Morgan fingerprint density at radius 2 is 2.22 bits per heavy atom. The van der Waals surface area contributed by atoms with E-state index in [9.17, 15) is 4.79 Å². The number of carboxylic acid groups (broad SMARTS) is 1. The second-order valence-electron chi connectivity index (χ2n) is 4.53. The lowest BCUT2D eigenvalue weighted by atomic mass is 9.97. The molecule has 0 fully saturated rings. The fourth-order valence-electron chi connectivity index (χ4n) is 2.32. The molecule has 96 valence electrons. The highest BCUT2D eigenvalue weighted by Crippen LogP contribution is 2.31. The molecular weight excluding hydrogens is 250 g/mol. The fourth-order valence-corrected chi connectivity index (χ4v) is 2.49. The highest BCUT2D eigenvalue weighted by atomic mass is 35.5. The summed E-state index contributed by atoms with van der Waals surface area (Å²) in [5.41, 5.74) is 2.14. The van der Waals surface area contributed by atoms with Crippen LogP contribution in [0, 0.1) is 0 Å². The Morgan fingerprint density at radius 1 is 1.50 bits per heavy atom. The summed E-state index contributed by atoms with van der Waals surface area (Å²) in [5, 5.41) is 10.7. The van der Waals surface area contributed by atoms with Gasteiger partial charge in [0.25, 0.3) is 0 Å². The van der Waals surface area contributed by atoms with E-state index in [2.05, 4.69) is 11.5 Å². The Labute approximate surface area is 111 Å². The number of hydrogen-bond donors (Lipinski definition) is 1. The van der Waals surface area contributed by atoms with E-state index in [0.29, 0.717) is 5.02 Å². The number of fused-ring (bicyclic) bond motifs is 1. The molecule has 2 aromatic rings. The molecule has 1 heterocycles. The molecular formula is C14H16ClNO2. The zero-order chi connectivity index (χ0) is 13.3. The minimum atomic E-state index is -0.770. The van der Waals surface area contributed by atoms with Crippen LogP contribution < -0.4 is 0 Å². The first-order chi connectivity index (χ1) is 8.52. The molecule has 1 N–H and O–H groups in total. The summed E-state index contributed by atoms with van der Waals surface area (Å²) in [6.07, 6.45) is 2.18. The molecule has 0 radical (unpaired) electrons. The zero-order valence-electron chi connectivity index (χ0n) is 10.5. The predicted molar refractivity (Wildman–Crippen MR) is 73.3 cm³/mol. The molecule has 1 unspecified atom stereocenters. The monoisotopic (exact) mass is 265 g/mol. The lowest BCUT2D eigenvalue weighted by Crippen LogP contribution is -2.02. The van der Waals surface area contributed by atoms with E-state index < -0.39 is 5.97 Å². The SMILES string of the molecule is CCn1cc(C(C)CC(=O)O)c2ccc(Cl)cc21. The average molecular weight is 266 g/mol. The number of halogens is 1. The summed E-state index contributed by atoms with van der Waals surface area (Å²) >= 11 is 6.01. The second kappa shape index (κ2) is 5.02. The van der Waals surface area contributed by atoms with Crippen LogP contribution in [0.15, 0.2) is 24.4 Å². The van der Waals surface area contributed by atoms with E-state index in [4.69, 9.17) is 16.7 Å². The van der Waals surface area contributed by atoms with Crippen molar-refractivity contribution >= 4 is 28.5 Å². The molecule has 3 nitrogen and oxygen atoms in total. The number of aliphatic carboxylic acids is 1. The molecule has 4 heteroatoms. The van der Waals surface area contributed by atoms with Gasteiger partial charge >= 0.3 is 5.97 Å². The third-order valence-electron chi connectivity index (χ3n) is 3.23. The lowest BCUT2D eigenvalue weighted by molar-refractivity contribution is -0.137. The van der Waals surface area contributed by atoms with Crippen LogP contribution in [-0.2, 0) is 11.3 Å². The van der Waals surface area contributed by atoms with Crippen LogP contribution in [-0.4, -0.2) is 15.6 Å². The van der Waals surface area contributed by atoms with Gasteiger partial charge in [0.15, 0.2) is 0 Å². The van der Waals surface area contributed by atoms with Gasteiger partial charge in [0.2, 0.25) is 0 Å². The Morgan fingerprint density at radius 3 is 2.83 bits per heavy atom. The van der Waals surface area contributed by atoms with E-state index in [1.54, 1.807) is 0 Å². The molecule has 0 aliphatic rings. The lowest BCUT2D eigenvalue weighted by Gasteiger charge is -2.06. The van der Waals surface area contributed by atoms with Gasteiger partial charge in [-0.05, 0) is 30.5 Å². The van der Waals surface area contributed by atoms with Gasteiger partial charge in [0.1, 0.15) is 0 Å². The van der Waals surface area contributed by atoms with Gasteiger partial charge in [0, 0.05) is 28.7 Å². The van der Waals surface area contributed by atoms with Crippen LogP contribution in [0.4, 0.5) is 0 Å². The van der Waals surface area contributed by atoms with Gasteiger partial charge in [-0.2, -0.15) is 0 Å². The standard InChI is InChI=1S/C14H16ClNO2/c1-3-16-8-12(9(2)6-14(17)18)11-5-4-10(15)7-13(11)16/h4-5,7-9H,3,6H2,1-2H3,(H,17,18). The minimum absolute atomic E-state index is 0.000949. The highest BCUT2D eigenvalue weighted by molar-refractivity contribution is 6.31. The summed E-state index contributed by atoms with van der Waals surface area (Å²) in [7, 11) is 0. The van der Waals surface area contributed by atoms with E-state index in [1.807, 2.05) is 31.3 Å². The summed E-state index contributed by atoms with van der Waals surface area (Å²) in [6, 6.07) is 5.75. The van der Waals surface area contributed by atoms with Gasteiger partial charge in [-0.25, -0.2) is 0 Å². The van der Waals surface area contributed by atoms with Crippen molar-refractivity contribution in [2.75, 3.05) is 0 Å². The largest absolute Gasteiger partial charge is 0.481 e. The number of carbonyl (C=O) groups is 1. The van der Waals surface area contributed by atoms with Crippen molar-refractivity contribution in [1.29, 1.82) is 0 Å². The number of rotatable bonds is 4. The second-order valence-corrected chi connectivity index (χ2v) is 4.97. The number of aryl methyl sites for hydroxylation is 1. The van der Waals surface area contributed by atoms with Crippen molar-refractivity contribution in [1.82, 2.24) is 4.57 Å². The molecule has 0 bridgehead atoms. The Hall–Kier alpha value is -1.48. The number of benzene rings is 1. The first kappa shape index (κ1) is 13.0. The topological polar surface area (TPSA) is 42.2 Å². The summed E-state index contributed by atoms with van der Waals surface area (Å²) in [5.74, 6) is -0.771. The van der Waals surface area contributed by atoms with E-state index in [0.717, 1.165) is 23.0 Å². The number of hydrogen-bond acceptors (Lipinski definition) is 1. The third-order valence-corrected chi connectivity index (χ3v) is 3.46. The smallest absolute Gasteiger partial charge is 0.303 e. The summed E-state index contributed by atoms with van der Waals surface area (Å²) < 4.78 is 2.11. The van der Waals surface area contributed by atoms with Crippen LogP contribution in [0.2, 0.25) is 5.02 Å². The van der Waals surface area contributed by atoms with Crippen molar-refractivity contribution in [3.8, 4) is 0 Å². The molecule has 18 heavy (non-hydrogen) atoms. The maximum Gasteiger partial charge on any atom is 0.303 e. The summed E-state index contributed by atoms with van der Waals surface area (Å²) in [6.45, 7) is 4.85. The minimum Gasteiger partial charge on any atom is -0.481 e. The van der Waals surface area contributed by atoms with Gasteiger partial charge in [-0.15, -0.1) is 0 Å². The third kappa shape index (κ3) is 2.36. The van der Waals surface area contributed by atoms with Gasteiger partial charge in [0.05, 0.1) is 6.42 Å². The Bertz CT molecular complexity index is 589. The van der Waals surface area contributed by atoms with E-state index >= 15 is 0 Å². The van der Waals surface area contributed by atoms with Crippen molar-refractivity contribution in [2.24, 2.45) is 0 Å². The van der Waals surface area contributed by atoms with Crippen molar-refractivity contribution in [3.05, 3.63) is 35.0 Å². The van der Waals surface area contributed by atoms with Gasteiger partial charge < -0.3 is 9.67 Å². The molecule has 2 rings (SSSR count). The molecule has 1 aromatic carbocycles. The van der Waals surface area contributed by atoms with Crippen molar-refractivity contribution < 1.29 is 9.90 Å². The maximum absolute atomic E-state index is 10.8. The number of aromatic nitrogens is 1. The molecule has 0 aliphatic carbocycles. The molecule has 0 spiro atoms. The Balaban J connectivity index is 2.54. The van der Waals surface area contributed by atoms with Crippen LogP contribution in [0.3, 0.4) is 0 Å². The van der Waals surface area contributed by atoms with Crippen molar-refractivity contribution in [2.45, 2.75) is 32.7 Å². The molecule has 0 saturated heterocycles. The average Bonchev–Trinajstić information content (AvgIpc) is 2.66. The number of nitrogens with zero attached hydrogens (tertiary/aromatic N) is 1. The van der Waals surface area contributed by atoms with Crippen molar-refractivity contribution in [3.63, 3.8) is 0 Å². The quantitative estimate of drug-likeness (QED) is 0.911. The first-order valence-electron chi connectivity index (χ1n) is 6.03. The number of carboxylic acids is 1. The van der Waals surface area contributed by atoms with E-state index in [-0.39, 0.29) is 12.3 Å². The molecule has 0 saturated carbocycles. The summed E-state index contributed by atoms with van der Waals surface area (Å²) in [4.78, 5) is 10.8. The predicted octanol–water partition coefficient (Wildman–Crippen LogP) is 3.89. The van der Waals surface area contributed by atoms with Gasteiger partial charge in [-0.3, -0.25) is 4.79 Å². The molecule has 0 amide bonds. The normalized spacial score (nSPS) is 12.8.